The van der Waals surface area contributed by atoms with E-state index in [2.05, 4.69) is 136 Å². The van der Waals surface area contributed by atoms with Crippen LogP contribution in [0.25, 0.3) is 122 Å². The maximum absolute atomic E-state index is 6.31. The highest BCUT2D eigenvalue weighted by Crippen LogP contribution is 2.45. The third-order valence-corrected chi connectivity index (χ3v) is 11.7. The van der Waals surface area contributed by atoms with Gasteiger partial charge in [-0.15, -0.1) is 0 Å². The van der Waals surface area contributed by atoms with E-state index < -0.39 is 0 Å². The second-order valence-corrected chi connectivity index (χ2v) is 14.7. The standard InChI is InChI=1S/C51H29N5O/c1-2-14-30(15-3-1)49-52-50(54-51(53-49)39-22-13-27-44-45(39)38-20-8-11-26-43(38)57-44)37-19-5-4-16-31(37)34-21-12-25-42-46(34)56-41-24-10-7-18-33(41)36-29-28-35-32-17-6-9-23-40(32)55(42)47(35)48(36)56/h1-29H. The van der Waals surface area contributed by atoms with Crippen LogP contribution in [0.4, 0.5) is 0 Å². The van der Waals surface area contributed by atoms with Crippen LogP contribution < -0.4 is 0 Å². The molecule has 13 aromatic rings. The van der Waals surface area contributed by atoms with Crippen LogP contribution in [0.5, 0.6) is 0 Å². The third kappa shape index (κ3) is 4.16. The summed E-state index contributed by atoms with van der Waals surface area (Å²) in [6, 6.07) is 61.8. The van der Waals surface area contributed by atoms with Gasteiger partial charge in [-0.05, 0) is 35.9 Å². The number of fused-ring (bicyclic) bond motifs is 12. The van der Waals surface area contributed by atoms with E-state index in [0.29, 0.717) is 17.5 Å². The number of benzene rings is 8. The van der Waals surface area contributed by atoms with Crippen molar-refractivity contribution in [3.8, 4) is 45.3 Å². The van der Waals surface area contributed by atoms with Crippen molar-refractivity contribution in [3.05, 3.63) is 176 Å². The first-order valence-electron chi connectivity index (χ1n) is 19.2. The Bertz CT molecular complexity index is 3760. The van der Waals surface area contributed by atoms with Gasteiger partial charge >= 0.3 is 0 Å². The van der Waals surface area contributed by atoms with E-state index >= 15 is 0 Å². The molecule has 0 amide bonds. The Labute approximate surface area is 324 Å². The highest BCUT2D eigenvalue weighted by atomic mass is 16.3. The van der Waals surface area contributed by atoms with Crippen molar-refractivity contribution >= 4 is 76.6 Å². The lowest BCUT2D eigenvalue weighted by molar-refractivity contribution is 0.669. The van der Waals surface area contributed by atoms with E-state index in [-0.39, 0.29) is 0 Å². The zero-order chi connectivity index (χ0) is 37.2. The van der Waals surface area contributed by atoms with Gasteiger partial charge in [0, 0.05) is 54.6 Å². The number of hydrogen-bond acceptors (Lipinski definition) is 4. The summed E-state index contributed by atoms with van der Waals surface area (Å²) >= 11 is 0. The van der Waals surface area contributed by atoms with Crippen LogP contribution in [0, 0.1) is 0 Å². The van der Waals surface area contributed by atoms with E-state index in [9.17, 15) is 0 Å². The van der Waals surface area contributed by atoms with Crippen LogP contribution in [0.1, 0.15) is 0 Å². The molecule has 0 atom stereocenters. The molecule has 0 saturated carbocycles. The molecule has 6 heteroatoms. The lowest BCUT2D eigenvalue weighted by Gasteiger charge is -2.17. The van der Waals surface area contributed by atoms with E-state index in [1.54, 1.807) is 0 Å². The first kappa shape index (κ1) is 30.5. The maximum atomic E-state index is 6.31. The molecule has 0 radical (unpaired) electrons. The average Bonchev–Trinajstić information content (AvgIpc) is 3.94. The molecule has 5 heterocycles. The van der Waals surface area contributed by atoms with Crippen LogP contribution >= 0.6 is 0 Å². The van der Waals surface area contributed by atoms with Gasteiger partial charge < -0.3 is 13.2 Å². The number of aromatic nitrogens is 5. The molecule has 0 N–H and O–H groups in total. The van der Waals surface area contributed by atoms with E-state index in [0.717, 1.165) is 60.8 Å². The molecule has 0 aliphatic heterocycles. The molecule has 0 spiro atoms. The van der Waals surface area contributed by atoms with Crippen molar-refractivity contribution in [1.82, 2.24) is 23.8 Å². The second-order valence-electron chi connectivity index (χ2n) is 14.7. The van der Waals surface area contributed by atoms with Crippen LogP contribution in [0.15, 0.2) is 180 Å². The van der Waals surface area contributed by atoms with Crippen molar-refractivity contribution in [2.45, 2.75) is 0 Å². The van der Waals surface area contributed by atoms with Crippen molar-refractivity contribution < 1.29 is 4.42 Å². The molecular formula is C51H29N5O. The highest BCUT2D eigenvalue weighted by Gasteiger charge is 2.25. The summed E-state index contributed by atoms with van der Waals surface area (Å²) in [4.78, 5) is 15.7. The number of nitrogens with zero attached hydrogens (tertiary/aromatic N) is 5. The lowest BCUT2D eigenvalue weighted by Crippen LogP contribution is -2.02. The summed E-state index contributed by atoms with van der Waals surface area (Å²) < 4.78 is 11.3. The molecule has 57 heavy (non-hydrogen) atoms. The Morgan fingerprint density at radius 3 is 1.63 bits per heavy atom. The SMILES string of the molecule is c1ccc(-c2nc(-c3ccccc3-c3cccc4c3n3c5ccccc5c5ccc6c7ccccc7n4c6c53)nc(-c3cccc4oc5ccccc5c34)n2)cc1. The maximum Gasteiger partial charge on any atom is 0.164 e. The number of hydrogen-bond donors (Lipinski definition) is 0. The van der Waals surface area contributed by atoms with Crippen molar-refractivity contribution in [2.75, 3.05) is 0 Å². The number of para-hydroxylation sites is 4. The minimum atomic E-state index is 0.592. The molecule has 13 rings (SSSR count). The summed E-state index contributed by atoms with van der Waals surface area (Å²) in [6.07, 6.45) is 0. The van der Waals surface area contributed by atoms with Gasteiger partial charge in [0.15, 0.2) is 17.5 Å². The van der Waals surface area contributed by atoms with Gasteiger partial charge in [0.05, 0.1) is 33.1 Å². The molecule has 0 unspecified atom stereocenters. The summed E-state index contributed by atoms with van der Waals surface area (Å²) in [5.74, 6) is 1.80. The largest absolute Gasteiger partial charge is 0.456 e. The van der Waals surface area contributed by atoms with Crippen LogP contribution in [-0.2, 0) is 0 Å². The Balaban J connectivity index is 1.14. The predicted octanol–water partition coefficient (Wildman–Crippen LogP) is 13.0. The molecule has 264 valence electrons. The smallest absolute Gasteiger partial charge is 0.164 e. The van der Waals surface area contributed by atoms with Gasteiger partial charge in [-0.2, -0.15) is 0 Å². The van der Waals surface area contributed by atoms with Gasteiger partial charge in [-0.1, -0.05) is 146 Å². The Kier molecular flexibility index (Phi) is 6.07. The van der Waals surface area contributed by atoms with Crippen LogP contribution in [-0.4, -0.2) is 23.8 Å². The lowest BCUT2D eigenvalue weighted by atomic mass is 9.97. The Morgan fingerprint density at radius 1 is 0.316 bits per heavy atom. The number of rotatable bonds is 4. The van der Waals surface area contributed by atoms with Crippen molar-refractivity contribution in [1.29, 1.82) is 0 Å². The molecule has 8 aromatic carbocycles. The quantitative estimate of drug-likeness (QED) is 0.169. The van der Waals surface area contributed by atoms with Crippen LogP contribution in [0.3, 0.4) is 0 Å². The van der Waals surface area contributed by atoms with Crippen molar-refractivity contribution in [3.63, 3.8) is 0 Å². The minimum Gasteiger partial charge on any atom is -0.456 e. The Hall–Kier alpha value is -7.83. The summed E-state index contributed by atoms with van der Waals surface area (Å²) in [5, 5.41) is 6.99. The number of furan rings is 1. The van der Waals surface area contributed by atoms with Crippen molar-refractivity contribution in [2.24, 2.45) is 0 Å². The average molecular weight is 728 g/mol. The van der Waals surface area contributed by atoms with Crippen LogP contribution in [0.2, 0.25) is 0 Å². The molecule has 0 fully saturated rings. The minimum absolute atomic E-state index is 0.592. The second kappa shape index (κ2) is 11.4. The molecule has 6 nitrogen and oxygen atoms in total. The summed E-state index contributed by atoms with van der Waals surface area (Å²) in [5.41, 5.74) is 13.6. The van der Waals surface area contributed by atoms with Gasteiger partial charge in [0.25, 0.3) is 0 Å². The monoisotopic (exact) mass is 727 g/mol. The fourth-order valence-electron chi connectivity index (χ4n) is 9.35. The van der Waals surface area contributed by atoms with Gasteiger partial charge in [0.1, 0.15) is 11.2 Å². The third-order valence-electron chi connectivity index (χ3n) is 11.7. The highest BCUT2D eigenvalue weighted by molar-refractivity contribution is 6.26. The molecular weight excluding hydrogens is 699 g/mol. The zero-order valence-electron chi connectivity index (χ0n) is 30.4. The Morgan fingerprint density at radius 2 is 0.842 bits per heavy atom. The first-order chi connectivity index (χ1) is 28.3. The molecule has 0 aliphatic carbocycles. The fraction of sp³-hybridized carbons (Fsp3) is 0. The zero-order valence-corrected chi connectivity index (χ0v) is 30.4. The van der Waals surface area contributed by atoms with E-state index in [1.165, 1.54) is 43.6 Å². The van der Waals surface area contributed by atoms with Gasteiger partial charge in [-0.3, -0.25) is 0 Å². The normalized spacial score (nSPS) is 12.2. The topological polar surface area (TPSA) is 60.6 Å². The van der Waals surface area contributed by atoms with Gasteiger partial charge in [0.2, 0.25) is 0 Å². The fourth-order valence-corrected chi connectivity index (χ4v) is 9.35. The summed E-state index contributed by atoms with van der Waals surface area (Å²) in [7, 11) is 0. The predicted molar refractivity (Wildman–Crippen MR) is 232 cm³/mol. The first-order valence-corrected chi connectivity index (χ1v) is 19.2. The van der Waals surface area contributed by atoms with Gasteiger partial charge in [-0.25, -0.2) is 15.0 Å². The van der Waals surface area contributed by atoms with E-state index in [4.69, 9.17) is 19.4 Å². The molecule has 0 aliphatic rings. The molecule has 5 aromatic heterocycles. The molecule has 0 bridgehead atoms. The van der Waals surface area contributed by atoms with E-state index in [1.807, 2.05) is 48.5 Å². The summed E-state index contributed by atoms with van der Waals surface area (Å²) in [6.45, 7) is 0. The molecule has 0 saturated heterocycles.